The average molecular weight is 207 g/mol. The van der Waals surface area contributed by atoms with E-state index in [1.54, 1.807) is 0 Å². The molecule has 1 aromatic carbocycles. The Labute approximate surface area is 83.7 Å². The smallest absolute Gasteiger partial charge is 0.285 e. The predicted octanol–water partition coefficient (Wildman–Crippen LogP) is 2.12. The molecule has 1 heterocycles. The fourth-order valence-corrected chi connectivity index (χ4v) is 1.28. The molecule has 0 amide bonds. The first-order chi connectivity index (χ1) is 7.20. The molecule has 0 aliphatic heterocycles. The van der Waals surface area contributed by atoms with E-state index in [2.05, 4.69) is 10.2 Å². The van der Waals surface area contributed by atoms with Gasteiger partial charge in [0.2, 0.25) is 5.82 Å². The molecule has 0 atom stereocenters. The van der Waals surface area contributed by atoms with Crippen LogP contribution in [0.4, 0.5) is 10.1 Å². The number of hydrogen-bond acceptors (Lipinski definition) is 3. The third-order valence-corrected chi connectivity index (χ3v) is 1.98. The average Bonchev–Trinajstić information content (AvgIpc) is 2.70. The summed E-state index contributed by atoms with van der Waals surface area (Å²) in [6.07, 6.45) is 2.88. The zero-order chi connectivity index (χ0) is 10.8. The van der Waals surface area contributed by atoms with Gasteiger partial charge in [-0.25, -0.2) is 0 Å². The molecule has 0 saturated heterocycles. The number of nitrogens with one attached hydrogen (secondary N) is 1. The first-order valence-electron chi connectivity index (χ1n) is 4.12. The van der Waals surface area contributed by atoms with Crippen LogP contribution < -0.4 is 0 Å². The Bertz CT molecular complexity index is 496. The molecular formula is C9H6FN3O2. The molecule has 6 heteroatoms. The van der Waals surface area contributed by atoms with E-state index >= 15 is 0 Å². The molecule has 76 valence electrons. The van der Waals surface area contributed by atoms with Crippen LogP contribution in [-0.2, 0) is 0 Å². The van der Waals surface area contributed by atoms with Crippen LogP contribution in [0.25, 0.3) is 11.1 Å². The van der Waals surface area contributed by atoms with Gasteiger partial charge in [-0.05, 0) is 0 Å². The maximum absolute atomic E-state index is 13.6. The number of rotatable bonds is 2. The highest BCUT2D eigenvalue weighted by Gasteiger charge is 2.18. The molecule has 0 aliphatic rings. The van der Waals surface area contributed by atoms with Crippen molar-refractivity contribution in [3.63, 3.8) is 0 Å². The lowest BCUT2D eigenvalue weighted by atomic mass is 10.1. The van der Waals surface area contributed by atoms with Crippen molar-refractivity contribution in [3.05, 3.63) is 46.5 Å². The standard InChI is InChI=1S/C9H6FN3O2/c10-9-7(6-4-11-12-5-6)2-1-3-8(9)13(14)15/h1-5H,(H,11,12). The molecule has 0 radical (unpaired) electrons. The van der Waals surface area contributed by atoms with Gasteiger partial charge < -0.3 is 0 Å². The number of nitro groups is 1. The van der Waals surface area contributed by atoms with Crippen LogP contribution in [0.5, 0.6) is 0 Å². The van der Waals surface area contributed by atoms with Crippen molar-refractivity contribution in [2.24, 2.45) is 0 Å². The number of benzene rings is 1. The van der Waals surface area contributed by atoms with Crippen molar-refractivity contribution in [2.45, 2.75) is 0 Å². The van der Waals surface area contributed by atoms with Gasteiger partial charge in [-0.3, -0.25) is 15.2 Å². The molecule has 5 nitrogen and oxygen atoms in total. The molecule has 2 aromatic rings. The lowest BCUT2D eigenvalue weighted by molar-refractivity contribution is -0.387. The van der Waals surface area contributed by atoms with Gasteiger partial charge in [0.1, 0.15) is 0 Å². The first-order valence-corrected chi connectivity index (χ1v) is 4.12. The number of nitro benzene ring substituents is 1. The number of halogens is 1. The maximum Gasteiger partial charge on any atom is 0.305 e. The molecule has 2 rings (SSSR count). The SMILES string of the molecule is O=[N+]([O-])c1cccc(-c2cn[nH]c2)c1F. The summed E-state index contributed by atoms with van der Waals surface area (Å²) >= 11 is 0. The highest BCUT2D eigenvalue weighted by molar-refractivity contribution is 5.65. The molecule has 0 bridgehead atoms. The van der Waals surface area contributed by atoms with Crippen molar-refractivity contribution in [1.82, 2.24) is 10.2 Å². The van der Waals surface area contributed by atoms with Gasteiger partial charge >= 0.3 is 5.69 Å². The summed E-state index contributed by atoms with van der Waals surface area (Å²) in [5, 5.41) is 16.7. The Balaban J connectivity index is 2.59. The zero-order valence-corrected chi connectivity index (χ0v) is 7.48. The number of nitrogens with zero attached hydrogens (tertiary/aromatic N) is 2. The molecule has 0 spiro atoms. The quantitative estimate of drug-likeness (QED) is 0.605. The highest BCUT2D eigenvalue weighted by Crippen LogP contribution is 2.27. The van der Waals surface area contributed by atoms with Crippen LogP contribution in [0.3, 0.4) is 0 Å². The van der Waals surface area contributed by atoms with Gasteiger partial charge in [-0.1, -0.05) is 12.1 Å². The molecule has 0 saturated carbocycles. The monoisotopic (exact) mass is 207 g/mol. The fourth-order valence-electron chi connectivity index (χ4n) is 1.28. The minimum absolute atomic E-state index is 0.165. The Morgan fingerprint density at radius 1 is 1.47 bits per heavy atom. The Morgan fingerprint density at radius 2 is 2.27 bits per heavy atom. The predicted molar refractivity (Wildman–Crippen MR) is 50.6 cm³/mol. The molecule has 0 aliphatic carbocycles. The lowest BCUT2D eigenvalue weighted by Gasteiger charge is -1.99. The van der Waals surface area contributed by atoms with E-state index in [1.165, 1.54) is 24.5 Å². The van der Waals surface area contributed by atoms with E-state index in [0.717, 1.165) is 6.07 Å². The second kappa shape index (κ2) is 3.49. The van der Waals surface area contributed by atoms with Gasteiger partial charge in [0.15, 0.2) is 0 Å². The lowest BCUT2D eigenvalue weighted by Crippen LogP contribution is -1.93. The Hall–Kier alpha value is -2.24. The van der Waals surface area contributed by atoms with E-state index in [-0.39, 0.29) is 5.56 Å². The summed E-state index contributed by atoms with van der Waals surface area (Å²) in [6, 6.07) is 4.02. The van der Waals surface area contributed by atoms with E-state index in [1.807, 2.05) is 0 Å². The minimum atomic E-state index is -0.844. The Kier molecular flexibility index (Phi) is 2.17. The molecule has 1 N–H and O–H groups in total. The summed E-state index contributed by atoms with van der Waals surface area (Å²) in [4.78, 5) is 9.73. The second-order valence-corrected chi connectivity index (χ2v) is 2.88. The number of aromatic amines is 1. The highest BCUT2D eigenvalue weighted by atomic mass is 19.1. The van der Waals surface area contributed by atoms with Crippen LogP contribution in [0.2, 0.25) is 0 Å². The van der Waals surface area contributed by atoms with Gasteiger partial charge in [0.25, 0.3) is 0 Å². The van der Waals surface area contributed by atoms with Crippen LogP contribution in [-0.4, -0.2) is 15.1 Å². The normalized spacial score (nSPS) is 10.2. The van der Waals surface area contributed by atoms with Crippen molar-refractivity contribution in [1.29, 1.82) is 0 Å². The van der Waals surface area contributed by atoms with Crippen molar-refractivity contribution < 1.29 is 9.31 Å². The molecule has 15 heavy (non-hydrogen) atoms. The third kappa shape index (κ3) is 1.56. The third-order valence-electron chi connectivity index (χ3n) is 1.98. The van der Waals surface area contributed by atoms with Crippen LogP contribution in [0, 0.1) is 15.9 Å². The van der Waals surface area contributed by atoms with Gasteiger partial charge in [0.05, 0.1) is 11.1 Å². The Morgan fingerprint density at radius 3 is 2.87 bits per heavy atom. The van der Waals surface area contributed by atoms with Crippen molar-refractivity contribution in [2.75, 3.05) is 0 Å². The number of aromatic nitrogens is 2. The topological polar surface area (TPSA) is 71.8 Å². The van der Waals surface area contributed by atoms with E-state index < -0.39 is 16.4 Å². The van der Waals surface area contributed by atoms with Crippen LogP contribution in [0.15, 0.2) is 30.6 Å². The maximum atomic E-state index is 13.6. The van der Waals surface area contributed by atoms with E-state index in [0.29, 0.717) is 5.56 Å². The fraction of sp³-hybridized carbons (Fsp3) is 0. The van der Waals surface area contributed by atoms with Gasteiger partial charge in [-0.15, -0.1) is 0 Å². The minimum Gasteiger partial charge on any atom is -0.285 e. The molecule has 0 fully saturated rings. The first kappa shape index (κ1) is 9.32. The summed E-state index contributed by atoms with van der Waals surface area (Å²) in [5.74, 6) is -0.844. The number of hydrogen-bond donors (Lipinski definition) is 1. The largest absolute Gasteiger partial charge is 0.305 e. The van der Waals surface area contributed by atoms with Gasteiger partial charge in [0, 0.05) is 23.4 Å². The summed E-state index contributed by atoms with van der Waals surface area (Å²) in [5.41, 5.74) is 0.114. The van der Waals surface area contributed by atoms with Crippen molar-refractivity contribution in [3.8, 4) is 11.1 Å². The number of H-pyrrole nitrogens is 1. The summed E-state index contributed by atoms with van der Waals surface area (Å²) < 4.78 is 13.6. The van der Waals surface area contributed by atoms with Crippen molar-refractivity contribution >= 4 is 5.69 Å². The molecular weight excluding hydrogens is 201 g/mol. The summed E-state index contributed by atoms with van der Waals surface area (Å²) in [6.45, 7) is 0. The summed E-state index contributed by atoms with van der Waals surface area (Å²) in [7, 11) is 0. The molecule has 0 unspecified atom stereocenters. The van der Waals surface area contributed by atoms with E-state index in [9.17, 15) is 14.5 Å². The van der Waals surface area contributed by atoms with Crippen LogP contribution >= 0.6 is 0 Å². The molecule has 1 aromatic heterocycles. The van der Waals surface area contributed by atoms with Gasteiger partial charge in [-0.2, -0.15) is 9.49 Å². The second-order valence-electron chi connectivity index (χ2n) is 2.88. The van der Waals surface area contributed by atoms with E-state index in [4.69, 9.17) is 0 Å². The zero-order valence-electron chi connectivity index (χ0n) is 7.48. The van der Waals surface area contributed by atoms with Crippen LogP contribution in [0.1, 0.15) is 0 Å².